The van der Waals surface area contributed by atoms with Crippen LogP contribution in [0.2, 0.25) is 12.1 Å². The van der Waals surface area contributed by atoms with E-state index in [0.717, 1.165) is 58.5 Å². The third-order valence-corrected chi connectivity index (χ3v) is 4.52. The van der Waals surface area contributed by atoms with E-state index in [0.29, 0.717) is 13.1 Å². The van der Waals surface area contributed by atoms with Gasteiger partial charge in [-0.3, -0.25) is 19.4 Å². The molecule has 0 fully saturated rings. The molecule has 0 aromatic heterocycles. The zero-order valence-corrected chi connectivity index (χ0v) is 16.7. The largest absolute Gasteiger partial charge is 0.480 e. The molecule has 6 nitrogen and oxygen atoms in total. The molecule has 0 saturated carbocycles. The number of carboxylic acids is 2. The number of aliphatic carboxylic acids is 2. The summed E-state index contributed by atoms with van der Waals surface area (Å²) in [4.78, 5) is 25.5. The van der Waals surface area contributed by atoms with Crippen LogP contribution < -0.4 is 0 Å². The van der Waals surface area contributed by atoms with E-state index in [1.165, 1.54) is 0 Å². The molecule has 0 unspecified atom stereocenters. The Morgan fingerprint density at radius 3 is 1.35 bits per heavy atom. The highest BCUT2D eigenvalue weighted by Gasteiger charge is 2.13. The van der Waals surface area contributed by atoms with Crippen molar-refractivity contribution in [2.45, 2.75) is 24.9 Å². The maximum absolute atomic E-state index is 10.8. The predicted molar refractivity (Wildman–Crippen MR) is 86.9 cm³/mol. The molecule has 0 spiro atoms. The van der Waals surface area contributed by atoms with E-state index < -0.39 is 11.9 Å². The van der Waals surface area contributed by atoms with Crippen molar-refractivity contribution < 1.29 is 19.8 Å². The van der Waals surface area contributed by atoms with Gasteiger partial charge in [-0.05, 0) is 25.9 Å². The number of nitrogens with zero attached hydrogens (tertiary/aromatic N) is 2. The molecule has 2 N–H and O–H groups in total. The van der Waals surface area contributed by atoms with Crippen LogP contribution in [0.5, 0.6) is 0 Å². The van der Waals surface area contributed by atoms with E-state index in [4.69, 9.17) is 10.2 Å². The first-order chi connectivity index (χ1) is 9.49. The monoisotopic (exact) mass is 320 g/mol. The lowest BCUT2D eigenvalue weighted by Crippen LogP contribution is -2.40. The Kier molecular flexibility index (Phi) is 11.6. The van der Waals surface area contributed by atoms with Gasteiger partial charge in [-0.15, -0.1) is 0 Å². The van der Waals surface area contributed by atoms with Gasteiger partial charge in [-0.2, -0.15) is 0 Å². The zero-order valence-electron chi connectivity index (χ0n) is 12.7. The Morgan fingerprint density at radius 1 is 0.750 bits per heavy atom. The van der Waals surface area contributed by atoms with Gasteiger partial charge in [-0.1, -0.05) is 12.1 Å². The van der Waals surface area contributed by atoms with Gasteiger partial charge in [0, 0.05) is 33.6 Å². The SMILES string of the molecule is O=C(O)CN(CCC[SiH3])CCN(CCC[SiH3])CC(=O)O. The fraction of sp³-hybridized carbons (Fsp3) is 0.833. The van der Waals surface area contributed by atoms with Crippen molar-refractivity contribution in [2.75, 3.05) is 39.3 Å². The molecule has 0 atom stereocenters. The summed E-state index contributed by atoms with van der Waals surface area (Å²) in [7, 11) is 2.27. The maximum Gasteiger partial charge on any atom is 0.317 e. The number of hydrogen-bond donors (Lipinski definition) is 2. The van der Waals surface area contributed by atoms with Gasteiger partial charge < -0.3 is 10.2 Å². The first-order valence-electron chi connectivity index (χ1n) is 7.37. The van der Waals surface area contributed by atoms with E-state index in [9.17, 15) is 9.59 Å². The van der Waals surface area contributed by atoms with Gasteiger partial charge in [0.2, 0.25) is 0 Å². The standard InChI is InChI=1S/C12H28N2O4Si2/c15-11(16)9-13(3-1-7-19)5-6-14(4-2-8-20)10-12(17)18/h1-10H2,19-20H3,(H,15,16)(H,17,18). The summed E-state index contributed by atoms with van der Waals surface area (Å²) in [5.74, 6) is -1.63. The average molecular weight is 321 g/mol. The van der Waals surface area contributed by atoms with Crippen molar-refractivity contribution in [3.63, 3.8) is 0 Å². The summed E-state index contributed by atoms with van der Waals surface area (Å²) in [6, 6.07) is 2.32. The fourth-order valence-corrected chi connectivity index (χ4v) is 2.60. The second-order valence-electron chi connectivity index (χ2n) is 5.05. The molecule has 0 aliphatic carbocycles. The molecule has 0 heterocycles. The number of carboxylic acid groups (broad SMARTS) is 2. The fourth-order valence-electron chi connectivity index (χ4n) is 1.97. The molecule has 8 heteroatoms. The first-order valence-corrected chi connectivity index (χ1v) is 10.2. The van der Waals surface area contributed by atoms with Crippen LogP contribution in [-0.2, 0) is 9.59 Å². The minimum absolute atomic E-state index is 0.0448. The highest BCUT2D eigenvalue weighted by atomic mass is 28.1. The Bertz CT molecular complexity index is 265. The summed E-state index contributed by atoms with van der Waals surface area (Å²) < 4.78 is 0. The third kappa shape index (κ3) is 11.1. The van der Waals surface area contributed by atoms with Crippen LogP contribution in [0.25, 0.3) is 0 Å². The molecular formula is C12H28N2O4Si2. The van der Waals surface area contributed by atoms with Gasteiger partial charge in [-0.25, -0.2) is 0 Å². The Hall–Kier alpha value is -0.706. The first kappa shape index (κ1) is 19.3. The van der Waals surface area contributed by atoms with Crippen LogP contribution in [0.4, 0.5) is 0 Å². The maximum atomic E-state index is 10.8. The van der Waals surface area contributed by atoms with Crippen molar-refractivity contribution in [2.24, 2.45) is 0 Å². The van der Waals surface area contributed by atoms with Crippen molar-refractivity contribution in [1.29, 1.82) is 0 Å². The van der Waals surface area contributed by atoms with E-state index in [1.807, 2.05) is 9.80 Å². The van der Waals surface area contributed by atoms with E-state index >= 15 is 0 Å². The van der Waals surface area contributed by atoms with Crippen LogP contribution in [0.3, 0.4) is 0 Å². The molecule has 0 aliphatic heterocycles. The van der Waals surface area contributed by atoms with Crippen LogP contribution in [0.15, 0.2) is 0 Å². The molecule has 118 valence electrons. The van der Waals surface area contributed by atoms with Crippen LogP contribution >= 0.6 is 0 Å². The molecule has 0 aliphatic rings. The molecule has 0 radical (unpaired) electrons. The summed E-state index contributed by atoms with van der Waals surface area (Å²) in [5.41, 5.74) is 0. The van der Waals surface area contributed by atoms with Crippen molar-refractivity contribution >= 4 is 32.4 Å². The summed E-state index contributed by atoms with van der Waals surface area (Å²) >= 11 is 0. The Labute approximate surface area is 127 Å². The number of rotatable bonds is 13. The van der Waals surface area contributed by atoms with Crippen molar-refractivity contribution in [3.05, 3.63) is 0 Å². The van der Waals surface area contributed by atoms with Crippen molar-refractivity contribution in [1.82, 2.24) is 9.80 Å². The molecule has 0 amide bonds. The second-order valence-corrected chi connectivity index (χ2v) is 7.05. The zero-order chi connectivity index (χ0) is 15.4. The number of hydrogen-bond acceptors (Lipinski definition) is 4. The van der Waals surface area contributed by atoms with Gasteiger partial charge >= 0.3 is 11.9 Å². The molecule has 0 aromatic rings. The lowest BCUT2D eigenvalue weighted by atomic mass is 10.3. The average Bonchev–Trinajstić information content (AvgIpc) is 2.37. The smallest absolute Gasteiger partial charge is 0.317 e. The van der Waals surface area contributed by atoms with Crippen LogP contribution in [0, 0.1) is 0 Å². The summed E-state index contributed by atoms with van der Waals surface area (Å²) in [5, 5.41) is 17.8. The molecule has 20 heavy (non-hydrogen) atoms. The topological polar surface area (TPSA) is 81.1 Å². The second kappa shape index (κ2) is 12.1. The van der Waals surface area contributed by atoms with Crippen LogP contribution in [0.1, 0.15) is 12.8 Å². The molecule has 0 aromatic carbocycles. The highest BCUT2D eigenvalue weighted by molar-refractivity contribution is 6.08. The summed E-state index contributed by atoms with van der Waals surface area (Å²) in [6.45, 7) is 2.92. The minimum Gasteiger partial charge on any atom is -0.480 e. The Balaban J connectivity index is 4.26. The van der Waals surface area contributed by atoms with E-state index in [2.05, 4.69) is 0 Å². The molecule has 0 rings (SSSR count). The lowest BCUT2D eigenvalue weighted by Gasteiger charge is -2.25. The van der Waals surface area contributed by atoms with E-state index in [1.54, 1.807) is 0 Å². The Morgan fingerprint density at radius 2 is 1.10 bits per heavy atom. The highest BCUT2D eigenvalue weighted by Crippen LogP contribution is 1.99. The lowest BCUT2D eigenvalue weighted by molar-refractivity contribution is -0.140. The minimum atomic E-state index is -0.817. The molecule has 0 saturated heterocycles. The van der Waals surface area contributed by atoms with Crippen molar-refractivity contribution in [3.8, 4) is 0 Å². The molecule has 0 bridgehead atoms. The normalized spacial score (nSPS) is 11.5. The van der Waals surface area contributed by atoms with Gasteiger partial charge in [0.25, 0.3) is 0 Å². The quantitative estimate of drug-likeness (QED) is 0.386. The third-order valence-electron chi connectivity index (χ3n) is 3.11. The predicted octanol–water partition coefficient (Wildman–Crippen LogP) is -1.89. The molecular weight excluding hydrogens is 292 g/mol. The van der Waals surface area contributed by atoms with Gasteiger partial charge in [0.05, 0.1) is 13.1 Å². The van der Waals surface area contributed by atoms with E-state index in [-0.39, 0.29) is 13.1 Å². The summed E-state index contributed by atoms with van der Waals surface area (Å²) in [6.07, 6.45) is 2.05. The van der Waals surface area contributed by atoms with Crippen LogP contribution in [-0.4, -0.2) is 91.7 Å². The number of carbonyl (C=O) groups is 2. The van der Waals surface area contributed by atoms with Gasteiger partial charge in [0.1, 0.15) is 0 Å². The van der Waals surface area contributed by atoms with Gasteiger partial charge in [0.15, 0.2) is 0 Å².